The number of benzene rings is 1. The van der Waals surface area contributed by atoms with Crippen LogP contribution >= 0.6 is 0 Å². The molecule has 5 heteroatoms. The lowest BCUT2D eigenvalue weighted by Gasteiger charge is -2.00. The highest BCUT2D eigenvalue weighted by molar-refractivity contribution is 7.90. The van der Waals surface area contributed by atoms with Gasteiger partial charge in [-0.25, -0.2) is 12.8 Å². The Kier molecular flexibility index (Phi) is 3.43. The molecular formula is C13H16FNO2S. The standard InChI is InChI=1S/C13H16FNO2S/c1-3-15-8-10(9-18(16,17)4-2)13-11(14)6-5-7-12(13)15/h5-8H,3-4,9H2,1-2H3. The quantitative estimate of drug-likeness (QED) is 0.856. The first-order chi connectivity index (χ1) is 8.48. The SMILES string of the molecule is CCn1cc(CS(=O)(=O)CC)c2c(F)cccc21. The Bertz CT molecular complexity index is 674. The zero-order valence-corrected chi connectivity index (χ0v) is 11.3. The maximum atomic E-state index is 13.9. The number of halogens is 1. The molecule has 1 heterocycles. The molecule has 18 heavy (non-hydrogen) atoms. The van der Waals surface area contributed by atoms with E-state index in [1.807, 2.05) is 17.6 Å². The molecule has 0 aliphatic carbocycles. The van der Waals surface area contributed by atoms with E-state index < -0.39 is 9.84 Å². The van der Waals surface area contributed by atoms with Crippen molar-refractivity contribution < 1.29 is 12.8 Å². The van der Waals surface area contributed by atoms with E-state index in [0.717, 1.165) is 5.52 Å². The van der Waals surface area contributed by atoms with Gasteiger partial charge in [0, 0.05) is 23.9 Å². The summed E-state index contributed by atoms with van der Waals surface area (Å²) in [6.07, 6.45) is 1.74. The number of aromatic nitrogens is 1. The number of hydrogen-bond donors (Lipinski definition) is 0. The monoisotopic (exact) mass is 269 g/mol. The van der Waals surface area contributed by atoms with Crippen LogP contribution in [-0.2, 0) is 22.1 Å². The predicted octanol–water partition coefficient (Wildman–Crippen LogP) is 2.74. The normalized spacial score (nSPS) is 12.2. The first kappa shape index (κ1) is 13.1. The topological polar surface area (TPSA) is 39.1 Å². The molecule has 0 spiro atoms. The summed E-state index contributed by atoms with van der Waals surface area (Å²) in [5.41, 5.74) is 1.30. The molecule has 0 aliphatic heterocycles. The van der Waals surface area contributed by atoms with Crippen LogP contribution in [0, 0.1) is 5.82 Å². The van der Waals surface area contributed by atoms with Crippen LogP contribution in [0.3, 0.4) is 0 Å². The van der Waals surface area contributed by atoms with Gasteiger partial charge in [-0.2, -0.15) is 0 Å². The molecule has 0 fully saturated rings. The highest BCUT2D eigenvalue weighted by Gasteiger charge is 2.17. The van der Waals surface area contributed by atoms with Gasteiger partial charge >= 0.3 is 0 Å². The smallest absolute Gasteiger partial charge is 0.154 e. The molecule has 0 saturated heterocycles. The lowest BCUT2D eigenvalue weighted by Crippen LogP contribution is -2.06. The molecule has 0 N–H and O–H groups in total. The molecule has 0 aliphatic rings. The Morgan fingerprint density at radius 1 is 1.28 bits per heavy atom. The maximum Gasteiger partial charge on any atom is 0.154 e. The molecule has 0 saturated carbocycles. The van der Waals surface area contributed by atoms with Crippen molar-refractivity contribution in [3.63, 3.8) is 0 Å². The molecular weight excluding hydrogens is 253 g/mol. The zero-order valence-electron chi connectivity index (χ0n) is 10.5. The van der Waals surface area contributed by atoms with Crippen molar-refractivity contribution in [2.75, 3.05) is 5.75 Å². The number of fused-ring (bicyclic) bond motifs is 1. The van der Waals surface area contributed by atoms with E-state index in [-0.39, 0.29) is 17.3 Å². The van der Waals surface area contributed by atoms with Gasteiger partial charge in [0.1, 0.15) is 5.82 Å². The van der Waals surface area contributed by atoms with Gasteiger partial charge in [0.15, 0.2) is 9.84 Å². The summed E-state index contributed by atoms with van der Waals surface area (Å²) in [6.45, 7) is 4.24. The van der Waals surface area contributed by atoms with Gasteiger partial charge in [-0.15, -0.1) is 0 Å². The van der Waals surface area contributed by atoms with Crippen LogP contribution in [0.15, 0.2) is 24.4 Å². The minimum atomic E-state index is -3.16. The molecule has 0 unspecified atom stereocenters. The molecule has 1 aromatic heterocycles. The number of rotatable bonds is 4. The van der Waals surface area contributed by atoms with Crippen molar-refractivity contribution in [3.8, 4) is 0 Å². The average Bonchev–Trinajstić information content (AvgIpc) is 2.68. The first-order valence-corrected chi connectivity index (χ1v) is 7.77. The van der Waals surface area contributed by atoms with E-state index in [1.165, 1.54) is 6.07 Å². The highest BCUT2D eigenvalue weighted by atomic mass is 32.2. The van der Waals surface area contributed by atoms with Crippen molar-refractivity contribution in [1.82, 2.24) is 4.57 Å². The largest absolute Gasteiger partial charge is 0.347 e. The second-order valence-electron chi connectivity index (χ2n) is 4.25. The number of hydrogen-bond acceptors (Lipinski definition) is 2. The van der Waals surface area contributed by atoms with Crippen molar-refractivity contribution in [2.45, 2.75) is 26.1 Å². The summed E-state index contributed by atoms with van der Waals surface area (Å²) in [7, 11) is -3.16. The Morgan fingerprint density at radius 2 is 2.00 bits per heavy atom. The van der Waals surface area contributed by atoms with E-state index >= 15 is 0 Å². The van der Waals surface area contributed by atoms with E-state index in [2.05, 4.69) is 0 Å². The van der Waals surface area contributed by atoms with Crippen molar-refractivity contribution in [3.05, 3.63) is 35.8 Å². The summed E-state index contributed by atoms with van der Waals surface area (Å²) < 4.78 is 39.1. The Hall–Kier alpha value is -1.36. The molecule has 2 aromatic rings. The molecule has 1 aromatic carbocycles. The molecule has 0 atom stereocenters. The number of aryl methyl sites for hydroxylation is 1. The minimum Gasteiger partial charge on any atom is -0.347 e. The fraction of sp³-hybridized carbons (Fsp3) is 0.385. The molecule has 3 nitrogen and oxygen atoms in total. The second kappa shape index (κ2) is 4.72. The number of nitrogens with zero attached hydrogens (tertiary/aromatic N) is 1. The predicted molar refractivity (Wildman–Crippen MR) is 70.7 cm³/mol. The lowest BCUT2D eigenvalue weighted by molar-refractivity contribution is 0.596. The van der Waals surface area contributed by atoms with Crippen molar-refractivity contribution >= 4 is 20.7 Å². The minimum absolute atomic E-state index is 0.0697. The average molecular weight is 269 g/mol. The third-order valence-corrected chi connectivity index (χ3v) is 4.72. The van der Waals surface area contributed by atoms with Gasteiger partial charge in [-0.05, 0) is 24.6 Å². The summed E-state index contributed by atoms with van der Waals surface area (Å²) in [5, 5.41) is 0.427. The summed E-state index contributed by atoms with van der Waals surface area (Å²) in [5.74, 6) is -0.394. The number of sulfone groups is 1. The van der Waals surface area contributed by atoms with Crippen molar-refractivity contribution in [1.29, 1.82) is 0 Å². The van der Waals surface area contributed by atoms with E-state index in [9.17, 15) is 12.8 Å². The van der Waals surface area contributed by atoms with Crippen LogP contribution in [0.25, 0.3) is 10.9 Å². The maximum absolute atomic E-state index is 13.9. The zero-order chi connectivity index (χ0) is 13.3. The Balaban J connectivity index is 2.64. The van der Waals surface area contributed by atoms with Gasteiger partial charge in [0.05, 0.1) is 11.3 Å². The van der Waals surface area contributed by atoms with Crippen LogP contribution in [0.4, 0.5) is 4.39 Å². The summed E-state index contributed by atoms with van der Waals surface area (Å²) in [4.78, 5) is 0. The van der Waals surface area contributed by atoms with Gasteiger partial charge < -0.3 is 4.57 Å². The van der Waals surface area contributed by atoms with Crippen LogP contribution in [0.2, 0.25) is 0 Å². The summed E-state index contributed by atoms with van der Waals surface area (Å²) in [6, 6.07) is 4.82. The fourth-order valence-corrected chi connectivity index (χ4v) is 3.00. The fourth-order valence-electron chi connectivity index (χ4n) is 2.10. The Morgan fingerprint density at radius 3 is 2.61 bits per heavy atom. The van der Waals surface area contributed by atoms with Crippen LogP contribution in [0.5, 0.6) is 0 Å². The van der Waals surface area contributed by atoms with Gasteiger partial charge in [0.25, 0.3) is 0 Å². The van der Waals surface area contributed by atoms with Crippen molar-refractivity contribution in [2.24, 2.45) is 0 Å². The molecule has 0 bridgehead atoms. The van der Waals surface area contributed by atoms with Gasteiger partial charge in [-0.3, -0.25) is 0 Å². The van der Waals surface area contributed by atoms with E-state index in [1.54, 1.807) is 19.2 Å². The molecule has 98 valence electrons. The van der Waals surface area contributed by atoms with Crippen LogP contribution in [-0.4, -0.2) is 18.7 Å². The lowest BCUT2D eigenvalue weighted by atomic mass is 10.2. The van der Waals surface area contributed by atoms with E-state index in [0.29, 0.717) is 17.5 Å². The highest BCUT2D eigenvalue weighted by Crippen LogP contribution is 2.26. The van der Waals surface area contributed by atoms with Gasteiger partial charge in [0.2, 0.25) is 0 Å². The third-order valence-electron chi connectivity index (χ3n) is 3.09. The van der Waals surface area contributed by atoms with Crippen LogP contribution < -0.4 is 0 Å². The van der Waals surface area contributed by atoms with E-state index in [4.69, 9.17) is 0 Å². The Labute approximate surface area is 106 Å². The second-order valence-corrected chi connectivity index (χ2v) is 6.60. The van der Waals surface area contributed by atoms with Crippen LogP contribution in [0.1, 0.15) is 19.4 Å². The molecule has 0 amide bonds. The molecule has 2 rings (SSSR count). The first-order valence-electron chi connectivity index (χ1n) is 5.95. The molecule has 0 radical (unpaired) electrons. The van der Waals surface area contributed by atoms with Gasteiger partial charge in [-0.1, -0.05) is 13.0 Å². The summed E-state index contributed by atoms with van der Waals surface area (Å²) >= 11 is 0. The third kappa shape index (κ3) is 2.27.